The van der Waals surface area contributed by atoms with Crippen LogP contribution in [0.2, 0.25) is 5.02 Å². The lowest BCUT2D eigenvalue weighted by molar-refractivity contribution is 0.0713. The van der Waals surface area contributed by atoms with Crippen molar-refractivity contribution < 1.29 is 9.59 Å². The first kappa shape index (κ1) is 27.0. The number of hydrogen-bond acceptors (Lipinski definition) is 5. The molecular formula is C34H34ClN5O2. The molecule has 1 aliphatic carbocycles. The van der Waals surface area contributed by atoms with Gasteiger partial charge in [0.25, 0.3) is 11.8 Å². The highest BCUT2D eigenvalue weighted by Crippen LogP contribution is 2.41. The number of nitrogens with zero attached hydrogens (tertiary/aromatic N) is 4. The van der Waals surface area contributed by atoms with Gasteiger partial charge in [-0.3, -0.25) is 24.5 Å². The molecule has 3 aliphatic rings. The van der Waals surface area contributed by atoms with Gasteiger partial charge >= 0.3 is 0 Å². The summed E-state index contributed by atoms with van der Waals surface area (Å²) in [4.78, 5) is 40.0. The van der Waals surface area contributed by atoms with E-state index in [4.69, 9.17) is 11.6 Å². The fourth-order valence-electron chi connectivity index (χ4n) is 7.02. The molecule has 2 amide bonds. The van der Waals surface area contributed by atoms with Crippen LogP contribution in [0.1, 0.15) is 69.1 Å². The highest BCUT2D eigenvalue weighted by molar-refractivity contribution is 6.33. The number of nitrogens with one attached hydrogen (secondary N) is 1. The quantitative estimate of drug-likeness (QED) is 0.322. The van der Waals surface area contributed by atoms with Crippen LogP contribution in [0, 0.1) is 5.41 Å². The highest BCUT2D eigenvalue weighted by Gasteiger charge is 2.42. The number of aromatic nitrogens is 2. The Morgan fingerprint density at radius 1 is 0.929 bits per heavy atom. The molecule has 1 spiro atoms. The average Bonchev–Trinajstić information content (AvgIpc) is 3.62. The molecule has 7 rings (SSSR count). The summed E-state index contributed by atoms with van der Waals surface area (Å²) in [6.07, 6.45) is 8.43. The molecular weight excluding hydrogens is 546 g/mol. The summed E-state index contributed by atoms with van der Waals surface area (Å²) in [7, 11) is 0. The summed E-state index contributed by atoms with van der Waals surface area (Å²) >= 11 is 6.25. The molecule has 2 fully saturated rings. The van der Waals surface area contributed by atoms with Crippen LogP contribution >= 0.6 is 11.6 Å². The maximum absolute atomic E-state index is 13.7. The average molecular weight is 580 g/mol. The zero-order chi connectivity index (χ0) is 28.7. The van der Waals surface area contributed by atoms with Crippen molar-refractivity contribution in [1.29, 1.82) is 0 Å². The Balaban J connectivity index is 0.975. The predicted molar refractivity (Wildman–Crippen MR) is 163 cm³/mol. The molecule has 0 radical (unpaired) electrons. The Morgan fingerprint density at radius 3 is 2.55 bits per heavy atom. The van der Waals surface area contributed by atoms with Crippen molar-refractivity contribution in [2.75, 3.05) is 26.2 Å². The maximum Gasteiger partial charge on any atom is 0.253 e. The Morgan fingerprint density at radius 2 is 1.71 bits per heavy atom. The highest BCUT2D eigenvalue weighted by atomic mass is 35.5. The van der Waals surface area contributed by atoms with E-state index in [9.17, 15) is 9.59 Å². The van der Waals surface area contributed by atoms with Crippen molar-refractivity contribution in [3.63, 3.8) is 0 Å². The van der Waals surface area contributed by atoms with Gasteiger partial charge in [0.1, 0.15) is 0 Å². The van der Waals surface area contributed by atoms with Crippen LogP contribution in [-0.2, 0) is 13.0 Å². The van der Waals surface area contributed by atoms with Crippen molar-refractivity contribution in [1.82, 2.24) is 25.1 Å². The van der Waals surface area contributed by atoms with Crippen LogP contribution in [0.3, 0.4) is 0 Å². The smallest absolute Gasteiger partial charge is 0.253 e. The van der Waals surface area contributed by atoms with E-state index < -0.39 is 0 Å². The summed E-state index contributed by atoms with van der Waals surface area (Å²) in [6, 6.07) is 19.3. The molecule has 214 valence electrons. The molecule has 2 saturated heterocycles. The van der Waals surface area contributed by atoms with Gasteiger partial charge in [0.05, 0.1) is 27.7 Å². The van der Waals surface area contributed by atoms with Crippen molar-refractivity contribution in [2.45, 2.75) is 44.7 Å². The number of halogens is 1. The normalized spacial score (nSPS) is 19.7. The predicted octanol–water partition coefficient (Wildman–Crippen LogP) is 5.83. The summed E-state index contributed by atoms with van der Waals surface area (Å²) in [5.74, 6) is -0.0882. The summed E-state index contributed by atoms with van der Waals surface area (Å²) < 4.78 is 0. The molecule has 8 heteroatoms. The second kappa shape index (κ2) is 11.1. The minimum absolute atomic E-state index is 0.0949. The van der Waals surface area contributed by atoms with Crippen molar-refractivity contribution in [3.8, 4) is 0 Å². The molecule has 1 N–H and O–H groups in total. The summed E-state index contributed by atoms with van der Waals surface area (Å²) in [5.41, 5.74) is 6.75. The Labute approximate surface area is 250 Å². The molecule has 2 aliphatic heterocycles. The van der Waals surface area contributed by atoms with Crippen LogP contribution in [0.5, 0.6) is 0 Å². The zero-order valence-electron chi connectivity index (χ0n) is 23.6. The van der Waals surface area contributed by atoms with Gasteiger partial charge in [0, 0.05) is 37.6 Å². The van der Waals surface area contributed by atoms with Crippen LogP contribution < -0.4 is 5.32 Å². The number of rotatable bonds is 5. The zero-order valence-corrected chi connectivity index (χ0v) is 24.3. The van der Waals surface area contributed by atoms with Gasteiger partial charge in [-0.2, -0.15) is 0 Å². The van der Waals surface area contributed by atoms with Crippen molar-refractivity contribution in [3.05, 3.63) is 106 Å². The van der Waals surface area contributed by atoms with Crippen molar-refractivity contribution >= 4 is 34.4 Å². The number of benzene rings is 3. The molecule has 1 atom stereocenters. The third kappa shape index (κ3) is 5.27. The molecule has 3 aromatic carbocycles. The molecule has 0 bridgehead atoms. The van der Waals surface area contributed by atoms with Crippen LogP contribution in [0.4, 0.5) is 0 Å². The van der Waals surface area contributed by atoms with Gasteiger partial charge in [-0.05, 0) is 104 Å². The maximum atomic E-state index is 13.7. The topological polar surface area (TPSA) is 78.4 Å². The first-order chi connectivity index (χ1) is 20.5. The van der Waals surface area contributed by atoms with E-state index in [2.05, 4.69) is 44.5 Å². The lowest BCUT2D eigenvalue weighted by Crippen LogP contribution is -2.42. The van der Waals surface area contributed by atoms with Gasteiger partial charge in [0.15, 0.2) is 0 Å². The van der Waals surface area contributed by atoms with Crippen LogP contribution in [0.15, 0.2) is 73.1 Å². The molecule has 4 aromatic rings. The molecule has 0 saturated carbocycles. The standard InChI is InChI=1S/C34H34ClN5O2/c35-28-4-2-1-3-26(28)32(41)38-29-10-8-24-6-7-25(20-27(24)29)33(42)40-18-13-34(22-40)11-16-39(17-12-34)21-23-5-9-30-31(19-23)37-15-14-36-30/h1-7,9,14-15,19-20,29H,8,10-13,16-18,21-22H2,(H,38,41). The third-order valence-corrected chi connectivity index (χ3v) is 9.81. The molecule has 7 nitrogen and oxygen atoms in total. The first-order valence-electron chi connectivity index (χ1n) is 14.9. The van der Waals surface area contributed by atoms with E-state index in [1.807, 2.05) is 29.2 Å². The van der Waals surface area contributed by atoms with Crippen LogP contribution in [0.25, 0.3) is 11.0 Å². The lowest BCUT2D eigenvalue weighted by atomic mass is 9.77. The second-order valence-corrected chi connectivity index (χ2v) is 12.5. The fraction of sp³-hybridized carbons (Fsp3) is 0.353. The number of hydrogen-bond donors (Lipinski definition) is 1. The number of carbonyl (C=O) groups excluding carboxylic acids is 2. The largest absolute Gasteiger partial charge is 0.345 e. The monoisotopic (exact) mass is 579 g/mol. The Kier molecular flexibility index (Phi) is 7.16. The van der Waals surface area contributed by atoms with Gasteiger partial charge in [0.2, 0.25) is 0 Å². The van der Waals surface area contributed by atoms with E-state index in [0.717, 1.165) is 81.4 Å². The Bertz CT molecular complexity index is 1670. The minimum atomic E-state index is -0.183. The third-order valence-electron chi connectivity index (χ3n) is 9.48. The van der Waals surface area contributed by atoms with Gasteiger partial charge in [-0.1, -0.05) is 35.9 Å². The molecule has 1 aromatic heterocycles. The number of piperidine rings is 1. The van der Waals surface area contributed by atoms with E-state index >= 15 is 0 Å². The number of likely N-dealkylation sites (tertiary alicyclic amines) is 2. The fourth-order valence-corrected chi connectivity index (χ4v) is 7.24. The van der Waals surface area contributed by atoms with Crippen molar-refractivity contribution in [2.24, 2.45) is 5.41 Å². The van der Waals surface area contributed by atoms with Gasteiger partial charge in [-0.25, -0.2) is 0 Å². The van der Waals surface area contributed by atoms with Gasteiger partial charge < -0.3 is 10.2 Å². The van der Waals surface area contributed by atoms with E-state index in [-0.39, 0.29) is 23.3 Å². The summed E-state index contributed by atoms with van der Waals surface area (Å²) in [6.45, 7) is 4.59. The number of carbonyl (C=O) groups is 2. The minimum Gasteiger partial charge on any atom is -0.345 e. The molecule has 1 unspecified atom stereocenters. The van der Waals surface area contributed by atoms with Gasteiger partial charge in [-0.15, -0.1) is 0 Å². The van der Waals surface area contributed by atoms with E-state index in [1.54, 1.807) is 24.5 Å². The lowest BCUT2D eigenvalue weighted by Gasteiger charge is -2.39. The van der Waals surface area contributed by atoms with Crippen LogP contribution in [-0.4, -0.2) is 57.8 Å². The molecule has 42 heavy (non-hydrogen) atoms. The second-order valence-electron chi connectivity index (χ2n) is 12.1. The van der Waals surface area contributed by atoms with E-state index in [1.165, 1.54) is 11.1 Å². The summed E-state index contributed by atoms with van der Waals surface area (Å²) in [5, 5.41) is 3.58. The SMILES string of the molecule is O=C(NC1CCc2ccc(C(=O)N3CCC4(CCN(Cc5ccc6nccnc6c5)CC4)C3)cc21)c1ccccc1Cl. The van der Waals surface area contributed by atoms with E-state index in [0.29, 0.717) is 16.1 Å². The number of fused-ring (bicyclic) bond motifs is 2. The molecule has 3 heterocycles. The Hall–Kier alpha value is -3.81. The first-order valence-corrected chi connectivity index (χ1v) is 15.2. The number of aryl methyl sites for hydroxylation is 1. The number of amides is 2.